The molecule has 26 heavy (non-hydrogen) atoms. The van der Waals surface area contributed by atoms with Crippen LogP contribution in [-0.4, -0.2) is 50.1 Å². The zero-order valence-electron chi connectivity index (χ0n) is 15.6. The maximum atomic E-state index is 12.6. The lowest BCUT2D eigenvalue weighted by Gasteiger charge is -2.27. The minimum atomic E-state index is 0.0915. The maximum Gasteiger partial charge on any atom is 0.236 e. The first-order chi connectivity index (χ1) is 12.6. The molecule has 1 unspecified atom stereocenters. The molecule has 3 rings (SSSR count). The molecule has 0 radical (unpaired) electrons. The predicted molar refractivity (Wildman–Crippen MR) is 98.3 cm³/mol. The molecular formula is C20H26N2O4. The van der Waals surface area contributed by atoms with E-state index in [1.807, 2.05) is 31.3 Å². The van der Waals surface area contributed by atoms with Crippen molar-refractivity contribution < 1.29 is 18.7 Å². The van der Waals surface area contributed by atoms with Gasteiger partial charge in [-0.3, -0.25) is 9.69 Å². The normalized spacial score (nSPS) is 17.3. The molecule has 1 aromatic heterocycles. The van der Waals surface area contributed by atoms with Crippen LogP contribution in [0.2, 0.25) is 0 Å². The third-order valence-electron chi connectivity index (χ3n) is 4.89. The molecule has 1 saturated heterocycles. The van der Waals surface area contributed by atoms with E-state index in [1.54, 1.807) is 25.4 Å². The van der Waals surface area contributed by atoms with Crippen LogP contribution in [0.1, 0.15) is 30.2 Å². The van der Waals surface area contributed by atoms with E-state index in [2.05, 4.69) is 11.0 Å². The van der Waals surface area contributed by atoms with Crippen molar-refractivity contribution in [2.75, 3.05) is 34.4 Å². The lowest BCUT2D eigenvalue weighted by atomic mass is 10.0. The molecule has 1 aliphatic rings. The van der Waals surface area contributed by atoms with Crippen LogP contribution in [0.4, 0.5) is 0 Å². The molecule has 6 heteroatoms. The average Bonchev–Trinajstić information content (AvgIpc) is 3.33. The van der Waals surface area contributed by atoms with Crippen molar-refractivity contribution in [3.8, 4) is 11.5 Å². The Morgan fingerprint density at radius 1 is 1.27 bits per heavy atom. The van der Waals surface area contributed by atoms with Gasteiger partial charge in [-0.2, -0.15) is 0 Å². The topological polar surface area (TPSA) is 55.2 Å². The number of benzene rings is 1. The summed E-state index contributed by atoms with van der Waals surface area (Å²) in [6, 6.07) is 9.93. The van der Waals surface area contributed by atoms with Crippen LogP contribution in [0.3, 0.4) is 0 Å². The number of rotatable bonds is 7. The zero-order chi connectivity index (χ0) is 18.5. The maximum absolute atomic E-state index is 12.6. The van der Waals surface area contributed by atoms with E-state index in [9.17, 15) is 4.79 Å². The van der Waals surface area contributed by atoms with Gasteiger partial charge in [0.15, 0.2) is 11.5 Å². The molecule has 140 valence electrons. The van der Waals surface area contributed by atoms with Gasteiger partial charge in [0.1, 0.15) is 5.76 Å². The lowest BCUT2D eigenvalue weighted by molar-refractivity contribution is -0.132. The summed E-state index contributed by atoms with van der Waals surface area (Å²) in [4.78, 5) is 16.6. The highest BCUT2D eigenvalue weighted by molar-refractivity contribution is 5.78. The molecule has 0 N–H and O–H groups in total. The third-order valence-corrected chi connectivity index (χ3v) is 4.89. The second-order valence-corrected chi connectivity index (χ2v) is 6.57. The summed E-state index contributed by atoms with van der Waals surface area (Å²) in [5, 5.41) is 0. The Bertz CT molecular complexity index is 729. The highest BCUT2D eigenvalue weighted by Gasteiger charge is 2.29. The van der Waals surface area contributed by atoms with Crippen LogP contribution in [0.25, 0.3) is 0 Å². The van der Waals surface area contributed by atoms with Gasteiger partial charge in [-0.05, 0) is 49.2 Å². The summed E-state index contributed by atoms with van der Waals surface area (Å²) in [6.45, 7) is 1.80. The van der Waals surface area contributed by atoms with Crippen LogP contribution in [0, 0.1) is 0 Å². The van der Waals surface area contributed by atoms with E-state index < -0.39 is 0 Å². The number of hydrogen-bond acceptors (Lipinski definition) is 5. The van der Waals surface area contributed by atoms with Gasteiger partial charge in [0.25, 0.3) is 0 Å². The zero-order valence-corrected chi connectivity index (χ0v) is 15.6. The van der Waals surface area contributed by atoms with Crippen molar-refractivity contribution in [2.45, 2.75) is 25.4 Å². The molecule has 0 bridgehead atoms. The van der Waals surface area contributed by atoms with E-state index in [4.69, 9.17) is 13.9 Å². The molecular weight excluding hydrogens is 332 g/mol. The minimum absolute atomic E-state index is 0.0915. The summed E-state index contributed by atoms with van der Waals surface area (Å²) in [5.74, 6) is 2.32. The Morgan fingerprint density at radius 3 is 2.77 bits per heavy atom. The largest absolute Gasteiger partial charge is 0.493 e. The lowest BCUT2D eigenvalue weighted by Crippen LogP contribution is -2.37. The van der Waals surface area contributed by atoms with Crippen LogP contribution in [0.5, 0.6) is 11.5 Å². The van der Waals surface area contributed by atoms with E-state index >= 15 is 0 Å². The number of carbonyl (C=O) groups is 1. The first-order valence-corrected chi connectivity index (χ1v) is 8.84. The van der Waals surface area contributed by atoms with Gasteiger partial charge >= 0.3 is 0 Å². The van der Waals surface area contributed by atoms with Gasteiger partial charge in [0.05, 0.1) is 33.6 Å². The van der Waals surface area contributed by atoms with E-state index in [0.717, 1.165) is 42.2 Å². The van der Waals surface area contributed by atoms with E-state index in [0.29, 0.717) is 13.1 Å². The molecule has 6 nitrogen and oxygen atoms in total. The van der Waals surface area contributed by atoms with Crippen molar-refractivity contribution in [3.63, 3.8) is 0 Å². The number of carbonyl (C=O) groups excluding carboxylic acids is 1. The van der Waals surface area contributed by atoms with Crippen LogP contribution < -0.4 is 9.47 Å². The fourth-order valence-corrected chi connectivity index (χ4v) is 3.47. The fourth-order valence-electron chi connectivity index (χ4n) is 3.47. The van der Waals surface area contributed by atoms with Gasteiger partial charge in [0, 0.05) is 13.1 Å². The van der Waals surface area contributed by atoms with Crippen molar-refractivity contribution in [1.82, 2.24) is 9.80 Å². The standard InChI is InChI=1S/C20H26N2O4/c1-21(13-16-6-5-11-26-16)20(23)14-22-10-4-7-17(22)15-8-9-18(24-2)19(12-15)25-3/h5-6,8-9,11-12,17H,4,7,10,13-14H2,1-3H3. The van der Waals surface area contributed by atoms with Crippen LogP contribution in [0.15, 0.2) is 41.0 Å². The van der Waals surface area contributed by atoms with Crippen molar-refractivity contribution in [3.05, 3.63) is 47.9 Å². The molecule has 0 spiro atoms. The van der Waals surface area contributed by atoms with Crippen molar-refractivity contribution in [1.29, 1.82) is 0 Å². The van der Waals surface area contributed by atoms with E-state index in [1.165, 1.54) is 0 Å². The van der Waals surface area contributed by atoms with Crippen molar-refractivity contribution >= 4 is 5.91 Å². The number of ether oxygens (including phenoxy) is 2. The van der Waals surface area contributed by atoms with Gasteiger partial charge in [0.2, 0.25) is 5.91 Å². The summed E-state index contributed by atoms with van der Waals surface area (Å²) < 4.78 is 16.1. The smallest absolute Gasteiger partial charge is 0.236 e. The number of furan rings is 1. The Hall–Kier alpha value is -2.47. The number of nitrogens with zero attached hydrogens (tertiary/aromatic N) is 2. The molecule has 2 heterocycles. The average molecular weight is 358 g/mol. The molecule has 1 atom stereocenters. The van der Waals surface area contributed by atoms with Gasteiger partial charge < -0.3 is 18.8 Å². The number of amides is 1. The van der Waals surface area contributed by atoms with Gasteiger partial charge in [-0.25, -0.2) is 0 Å². The van der Waals surface area contributed by atoms with Crippen LogP contribution >= 0.6 is 0 Å². The van der Waals surface area contributed by atoms with Crippen LogP contribution in [-0.2, 0) is 11.3 Å². The second kappa shape index (κ2) is 8.27. The molecule has 2 aromatic rings. The summed E-state index contributed by atoms with van der Waals surface area (Å²) >= 11 is 0. The monoisotopic (exact) mass is 358 g/mol. The Morgan fingerprint density at radius 2 is 2.08 bits per heavy atom. The molecule has 0 aliphatic carbocycles. The summed E-state index contributed by atoms with van der Waals surface area (Å²) in [5.41, 5.74) is 1.15. The Kier molecular flexibility index (Phi) is 5.83. The summed E-state index contributed by atoms with van der Waals surface area (Å²) in [7, 11) is 5.08. The SMILES string of the molecule is COc1ccc(C2CCCN2CC(=O)N(C)Cc2ccco2)cc1OC. The predicted octanol–water partition coefficient (Wildman–Crippen LogP) is 3.09. The third kappa shape index (κ3) is 4.02. The highest BCUT2D eigenvalue weighted by atomic mass is 16.5. The number of likely N-dealkylation sites (tertiary alicyclic amines) is 1. The van der Waals surface area contributed by atoms with Gasteiger partial charge in [-0.15, -0.1) is 0 Å². The minimum Gasteiger partial charge on any atom is -0.493 e. The molecule has 1 aromatic carbocycles. The molecule has 0 saturated carbocycles. The van der Waals surface area contributed by atoms with E-state index in [-0.39, 0.29) is 11.9 Å². The summed E-state index contributed by atoms with van der Waals surface area (Å²) in [6.07, 6.45) is 3.74. The second-order valence-electron chi connectivity index (χ2n) is 6.57. The first kappa shape index (κ1) is 18.3. The van der Waals surface area contributed by atoms with Gasteiger partial charge in [-0.1, -0.05) is 6.07 Å². The number of likely N-dealkylation sites (N-methyl/N-ethyl adjacent to an activating group) is 1. The molecule has 1 amide bonds. The van der Waals surface area contributed by atoms with Crippen molar-refractivity contribution in [2.24, 2.45) is 0 Å². The Labute approximate surface area is 154 Å². The fraction of sp³-hybridized carbons (Fsp3) is 0.450. The first-order valence-electron chi connectivity index (χ1n) is 8.84. The number of methoxy groups -OCH3 is 2. The Balaban J connectivity index is 1.67. The molecule has 1 fully saturated rings. The number of hydrogen-bond donors (Lipinski definition) is 0. The molecule has 1 aliphatic heterocycles. The quantitative estimate of drug-likeness (QED) is 0.761. The highest BCUT2D eigenvalue weighted by Crippen LogP contribution is 2.36.